The van der Waals surface area contributed by atoms with Crippen LogP contribution in [0.25, 0.3) is 17.2 Å². The minimum atomic E-state index is -0.922. The first kappa shape index (κ1) is 13.1. The number of benzene rings is 2. The largest absolute Gasteiger partial charge is 0.478 e. The molecule has 0 spiro atoms. The highest BCUT2D eigenvalue weighted by Gasteiger charge is 2.02. The maximum absolute atomic E-state index is 10.6. The minimum absolute atomic E-state index is 0.875. The van der Waals surface area contributed by atoms with Gasteiger partial charge in [0.1, 0.15) is 0 Å². The van der Waals surface area contributed by atoms with E-state index in [9.17, 15) is 4.79 Å². The highest BCUT2D eigenvalue weighted by Crippen LogP contribution is 2.23. The van der Waals surface area contributed by atoms with Crippen molar-refractivity contribution >= 4 is 12.0 Å². The fourth-order valence-electron chi connectivity index (χ4n) is 2.05. The van der Waals surface area contributed by atoms with Crippen LogP contribution in [0, 0.1) is 0 Å². The summed E-state index contributed by atoms with van der Waals surface area (Å²) in [5, 5.41) is 8.68. The summed E-state index contributed by atoms with van der Waals surface area (Å²) in [6, 6.07) is 16.3. The van der Waals surface area contributed by atoms with Gasteiger partial charge in [-0.05, 0) is 34.8 Å². The van der Waals surface area contributed by atoms with E-state index in [1.807, 2.05) is 30.3 Å². The summed E-state index contributed by atoms with van der Waals surface area (Å²) < 4.78 is 0. The van der Waals surface area contributed by atoms with Gasteiger partial charge in [-0.25, -0.2) is 4.79 Å². The van der Waals surface area contributed by atoms with E-state index < -0.39 is 5.97 Å². The number of aryl methyl sites for hydroxylation is 1. The number of carboxylic acids is 1. The Labute approximate surface area is 113 Å². The van der Waals surface area contributed by atoms with Crippen molar-refractivity contribution in [1.82, 2.24) is 0 Å². The highest BCUT2D eigenvalue weighted by atomic mass is 16.4. The van der Waals surface area contributed by atoms with Crippen LogP contribution in [0.2, 0.25) is 0 Å². The van der Waals surface area contributed by atoms with Gasteiger partial charge >= 0.3 is 5.97 Å². The molecule has 0 bridgehead atoms. The molecule has 1 N–H and O–H groups in total. The van der Waals surface area contributed by atoms with Crippen molar-refractivity contribution in [2.24, 2.45) is 0 Å². The van der Waals surface area contributed by atoms with Crippen LogP contribution in [0.15, 0.2) is 54.6 Å². The van der Waals surface area contributed by atoms with Crippen molar-refractivity contribution in [3.8, 4) is 11.1 Å². The monoisotopic (exact) mass is 252 g/mol. The summed E-state index contributed by atoms with van der Waals surface area (Å²) in [6.45, 7) is 2.07. The first-order chi connectivity index (χ1) is 9.20. The first-order valence-corrected chi connectivity index (χ1v) is 6.30. The van der Waals surface area contributed by atoms with Crippen LogP contribution < -0.4 is 0 Å². The Morgan fingerprint density at radius 1 is 1.11 bits per heavy atom. The third-order valence-electron chi connectivity index (χ3n) is 3.04. The van der Waals surface area contributed by atoms with Gasteiger partial charge in [-0.2, -0.15) is 0 Å². The summed E-state index contributed by atoms with van der Waals surface area (Å²) >= 11 is 0. The normalized spacial score (nSPS) is 10.8. The standard InChI is InChI=1S/C17H16O2/c1-2-13-12-16(14-6-4-3-5-7-14)9-8-15(13)10-11-17(18)19/h3-12H,2H2,1H3,(H,18,19)/b11-10+. The van der Waals surface area contributed by atoms with Gasteiger partial charge in [-0.15, -0.1) is 0 Å². The fourth-order valence-corrected chi connectivity index (χ4v) is 2.05. The number of rotatable bonds is 4. The Kier molecular flexibility index (Phi) is 4.14. The number of carboxylic acid groups (broad SMARTS) is 1. The van der Waals surface area contributed by atoms with Gasteiger partial charge in [0, 0.05) is 6.08 Å². The molecule has 0 aromatic heterocycles. The summed E-state index contributed by atoms with van der Waals surface area (Å²) in [5.41, 5.74) is 4.44. The SMILES string of the molecule is CCc1cc(-c2ccccc2)ccc1/C=C/C(=O)O. The van der Waals surface area contributed by atoms with Gasteiger partial charge in [0.15, 0.2) is 0 Å². The molecule has 19 heavy (non-hydrogen) atoms. The zero-order chi connectivity index (χ0) is 13.7. The van der Waals surface area contributed by atoms with Gasteiger partial charge in [-0.3, -0.25) is 0 Å². The second-order valence-corrected chi connectivity index (χ2v) is 4.30. The molecule has 0 aliphatic rings. The lowest BCUT2D eigenvalue weighted by Gasteiger charge is -2.07. The molecule has 2 aromatic carbocycles. The Morgan fingerprint density at radius 3 is 2.47 bits per heavy atom. The number of carbonyl (C=O) groups is 1. The Hall–Kier alpha value is -2.35. The molecule has 2 nitrogen and oxygen atoms in total. The Morgan fingerprint density at radius 2 is 1.84 bits per heavy atom. The summed E-state index contributed by atoms with van der Waals surface area (Å²) in [4.78, 5) is 10.6. The molecular formula is C17H16O2. The van der Waals surface area contributed by atoms with Gasteiger partial charge < -0.3 is 5.11 Å². The topological polar surface area (TPSA) is 37.3 Å². The molecule has 2 rings (SSSR count). The van der Waals surface area contributed by atoms with Crippen LogP contribution >= 0.6 is 0 Å². The molecule has 0 aliphatic heterocycles. The van der Waals surface area contributed by atoms with E-state index >= 15 is 0 Å². The lowest BCUT2D eigenvalue weighted by Crippen LogP contribution is -1.90. The van der Waals surface area contributed by atoms with E-state index in [-0.39, 0.29) is 0 Å². The van der Waals surface area contributed by atoms with E-state index in [1.165, 1.54) is 11.6 Å². The molecular weight excluding hydrogens is 236 g/mol. The molecule has 0 heterocycles. The molecule has 0 fully saturated rings. The molecule has 0 aliphatic carbocycles. The van der Waals surface area contributed by atoms with Crippen molar-refractivity contribution in [3.63, 3.8) is 0 Å². The lowest BCUT2D eigenvalue weighted by molar-refractivity contribution is -0.131. The Bertz CT molecular complexity index is 598. The molecule has 2 aromatic rings. The third kappa shape index (κ3) is 3.32. The third-order valence-corrected chi connectivity index (χ3v) is 3.04. The van der Waals surface area contributed by atoms with E-state index in [0.717, 1.165) is 23.1 Å². The predicted octanol–water partition coefficient (Wildman–Crippen LogP) is 4.01. The predicted molar refractivity (Wildman–Crippen MR) is 77.9 cm³/mol. The summed E-state index contributed by atoms with van der Waals surface area (Å²) in [6.07, 6.45) is 3.70. The second-order valence-electron chi connectivity index (χ2n) is 4.30. The van der Waals surface area contributed by atoms with Gasteiger partial charge in [0.2, 0.25) is 0 Å². The molecule has 2 heteroatoms. The van der Waals surface area contributed by atoms with Crippen LogP contribution in [0.5, 0.6) is 0 Å². The van der Waals surface area contributed by atoms with E-state index in [1.54, 1.807) is 6.08 Å². The molecule has 0 amide bonds. The molecule has 0 radical (unpaired) electrons. The van der Waals surface area contributed by atoms with Gasteiger partial charge in [0.05, 0.1) is 0 Å². The first-order valence-electron chi connectivity index (χ1n) is 6.30. The van der Waals surface area contributed by atoms with Crippen molar-refractivity contribution in [1.29, 1.82) is 0 Å². The maximum Gasteiger partial charge on any atom is 0.328 e. The average Bonchev–Trinajstić information content (AvgIpc) is 2.45. The van der Waals surface area contributed by atoms with E-state index in [0.29, 0.717) is 0 Å². The maximum atomic E-state index is 10.6. The summed E-state index contributed by atoms with van der Waals surface area (Å²) in [7, 11) is 0. The molecule has 96 valence electrons. The van der Waals surface area contributed by atoms with Crippen molar-refractivity contribution in [2.45, 2.75) is 13.3 Å². The molecule has 0 atom stereocenters. The molecule has 0 unspecified atom stereocenters. The van der Waals surface area contributed by atoms with Crippen molar-refractivity contribution in [2.75, 3.05) is 0 Å². The lowest BCUT2D eigenvalue weighted by atomic mass is 9.97. The van der Waals surface area contributed by atoms with Crippen LogP contribution in [-0.4, -0.2) is 11.1 Å². The molecule has 0 saturated carbocycles. The zero-order valence-corrected chi connectivity index (χ0v) is 10.8. The van der Waals surface area contributed by atoms with Crippen LogP contribution in [-0.2, 0) is 11.2 Å². The number of hydrogen-bond acceptors (Lipinski definition) is 1. The molecule has 0 saturated heterocycles. The zero-order valence-electron chi connectivity index (χ0n) is 10.8. The number of hydrogen-bond donors (Lipinski definition) is 1. The van der Waals surface area contributed by atoms with Crippen molar-refractivity contribution < 1.29 is 9.90 Å². The summed E-state index contributed by atoms with van der Waals surface area (Å²) in [5.74, 6) is -0.922. The minimum Gasteiger partial charge on any atom is -0.478 e. The smallest absolute Gasteiger partial charge is 0.328 e. The highest BCUT2D eigenvalue weighted by molar-refractivity contribution is 5.85. The van der Waals surface area contributed by atoms with E-state index in [2.05, 4.69) is 25.1 Å². The van der Waals surface area contributed by atoms with Crippen LogP contribution in [0.3, 0.4) is 0 Å². The fraction of sp³-hybridized carbons (Fsp3) is 0.118. The number of aliphatic carboxylic acids is 1. The van der Waals surface area contributed by atoms with Gasteiger partial charge in [-0.1, -0.05) is 55.5 Å². The van der Waals surface area contributed by atoms with Crippen molar-refractivity contribution in [3.05, 3.63) is 65.7 Å². The second kappa shape index (κ2) is 6.01. The van der Waals surface area contributed by atoms with Crippen LogP contribution in [0.1, 0.15) is 18.1 Å². The quantitative estimate of drug-likeness (QED) is 0.835. The van der Waals surface area contributed by atoms with Crippen LogP contribution in [0.4, 0.5) is 0 Å². The van der Waals surface area contributed by atoms with E-state index in [4.69, 9.17) is 5.11 Å². The van der Waals surface area contributed by atoms with Gasteiger partial charge in [0.25, 0.3) is 0 Å². The average molecular weight is 252 g/mol. The Balaban J connectivity index is 2.39.